The first-order valence-corrected chi connectivity index (χ1v) is 6.38. The lowest BCUT2D eigenvalue weighted by atomic mass is 10.0. The van der Waals surface area contributed by atoms with Crippen LogP contribution in [0.4, 0.5) is 10.5 Å². The molecule has 0 saturated carbocycles. The molecule has 0 saturated heterocycles. The normalized spacial score (nSPS) is 11.6. The van der Waals surface area contributed by atoms with Crippen molar-refractivity contribution < 1.29 is 14.7 Å². The Kier molecular flexibility index (Phi) is 5.32. The zero-order valence-corrected chi connectivity index (χ0v) is 12.0. The van der Waals surface area contributed by atoms with Crippen molar-refractivity contribution in [1.29, 1.82) is 0 Å². The van der Waals surface area contributed by atoms with Crippen molar-refractivity contribution in [2.45, 2.75) is 33.2 Å². The van der Waals surface area contributed by atoms with E-state index in [9.17, 15) is 9.59 Å². The van der Waals surface area contributed by atoms with Crippen molar-refractivity contribution in [3.8, 4) is 0 Å². The minimum Gasteiger partial charge on any atom is -0.478 e. The number of hydrogen-bond acceptors (Lipinski definition) is 2. The zero-order chi connectivity index (χ0) is 15.3. The predicted octanol–water partition coefficient (Wildman–Crippen LogP) is 3.09. The Morgan fingerprint density at radius 2 is 2.05 bits per heavy atom. The molecule has 1 aromatic carbocycles. The topological polar surface area (TPSA) is 78.4 Å². The molecule has 2 amide bonds. The van der Waals surface area contributed by atoms with Crippen molar-refractivity contribution in [3.05, 3.63) is 41.5 Å². The summed E-state index contributed by atoms with van der Waals surface area (Å²) < 4.78 is 0. The van der Waals surface area contributed by atoms with Gasteiger partial charge >= 0.3 is 12.0 Å². The Bertz CT molecular complexity index is 538. The predicted molar refractivity (Wildman–Crippen MR) is 79.3 cm³/mol. The Labute approximate surface area is 118 Å². The number of carbonyl (C=O) groups is 2. The molecule has 0 fully saturated rings. The van der Waals surface area contributed by atoms with E-state index < -0.39 is 5.97 Å². The molecule has 20 heavy (non-hydrogen) atoms. The van der Waals surface area contributed by atoms with Gasteiger partial charge in [0.1, 0.15) is 0 Å². The molecule has 1 rings (SSSR count). The molecule has 0 bridgehead atoms. The summed E-state index contributed by atoms with van der Waals surface area (Å²) >= 11 is 0. The van der Waals surface area contributed by atoms with Crippen molar-refractivity contribution in [2.75, 3.05) is 5.32 Å². The molecule has 5 nitrogen and oxygen atoms in total. The van der Waals surface area contributed by atoms with Gasteiger partial charge in [0.15, 0.2) is 0 Å². The number of aryl methyl sites for hydroxylation is 1. The number of carboxylic acids is 1. The monoisotopic (exact) mass is 276 g/mol. The highest BCUT2D eigenvalue weighted by Gasteiger charge is 2.12. The van der Waals surface area contributed by atoms with Crippen LogP contribution in [0.25, 0.3) is 0 Å². The third-order valence-electron chi connectivity index (χ3n) is 3.05. The number of nitrogens with one attached hydrogen (secondary N) is 2. The second-order valence-electron chi connectivity index (χ2n) is 4.79. The maximum absolute atomic E-state index is 11.8. The van der Waals surface area contributed by atoms with E-state index in [2.05, 4.69) is 17.2 Å². The van der Waals surface area contributed by atoms with Crippen molar-refractivity contribution >= 4 is 17.7 Å². The molecule has 0 aliphatic carbocycles. The van der Waals surface area contributed by atoms with E-state index in [-0.39, 0.29) is 17.6 Å². The van der Waals surface area contributed by atoms with Gasteiger partial charge in [-0.05, 0) is 50.5 Å². The number of benzene rings is 1. The third-order valence-corrected chi connectivity index (χ3v) is 3.05. The molecule has 0 radical (unpaired) electrons. The largest absolute Gasteiger partial charge is 0.478 e. The van der Waals surface area contributed by atoms with E-state index in [1.165, 1.54) is 6.07 Å². The van der Waals surface area contributed by atoms with Crippen LogP contribution in [0.3, 0.4) is 0 Å². The summed E-state index contributed by atoms with van der Waals surface area (Å²) in [5, 5.41) is 14.5. The van der Waals surface area contributed by atoms with Crippen molar-refractivity contribution in [3.63, 3.8) is 0 Å². The van der Waals surface area contributed by atoms with Gasteiger partial charge in [-0.25, -0.2) is 9.59 Å². The van der Waals surface area contributed by atoms with Gasteiger partial charge < -0.3 is 15.7 Å². The molecule has 0 heterocycles. The summed E-state index contributed by atoms with van der Waals surface area (Å²) in [6.45, 7) is 9.03. The molecule has 0 spiro atoms. The number of carboxylic acid groups (broad SMARTS) is 1. The van der Waals surface area contributed by atoms with Gasteiger partial charge in [0, 0.05) is 11.7 Å². The highest BCUT2D eigenvalue weighted by molar-refractivity contribution is 5.94. The van der Waals surface area contributed by atoms with E-state index in [1.54, 1.807) is 19.1 Å². The Balaban J connectivity index is 2.85. The molecule has 3 N–H and O–H groups in total. The van der Waals surface area contributed by atoms with E-state index in [4.69, 9.17) is 5.11 Å². The van der Waals surface area contributed by atoms with Gasteiger partial charge in [-0.1, -0.05) is 6.08 Å². The number of anilines is 1. The van der Waals surface area contributed by atoms with Crippen LogP contribution in [0.5, 0.6) is 0 Å². The van der Waals surface area contributed by atoms with Crippen LogP contribution < -0.4 is 10.6 Å². The van der Waals surface area contributed by atoms with E-state index in [0.29, 0.717) is 17.7 Å². The van der Waals surface area contributed by atoms with Crippen LogP contribution in [-0.4, -0.2) is 23.1 Å². The number of rotatable bonds is 5. The first kappa shape index (κ1) is 15.8. The Morgan fingerprint density at radius 1 is 1.40 bits per heavy atom. The van der Waals surface area contributed by atoms with Crippen molar-refractivity contribution in [1.82, 2.24) is 5.32 Å². The van der Waals surface area contributed by atoms with Crippen molar-refractivity contribution in [2.24, 2.45) is 0 Å². The SMILES string of the molecule is C=CCC(C)NC(=O)Nc1cc(C)c(C)c(C(=O)O)c1. The van der Waals surface area contributed by atoms with Crippen LogP contribution in [-0.2, 0) is 0 Å². The Hall–Kier alpha value is -2.30. The summed E-state index contributed by atoms with van der Waals surface area (Å²) in [7, 11) is 0. The molecule has 5 heteroatoms. The maximum atomic E-state index is 11.8. The van der Waals surface area contributed by atoms with E-state index in [1.807, 2.05) is 13.8 Å². The fraction of sp³-hybridized carbons (Fsp3) is 0.333. The third kappa shape index (κ3) is 4.12. The Morgan fingerprint density at radius 3 is 2.60 bits per heavy atom. The quantitative estimate of drug-likeness (QED) is 0.723. The van der Waals surface area contributed by atoms with Gasteiger partial charge in [-0.2, -0.15) is 0 Å². The number of amides is 2. The molecule has 1 unspecified atom stereocenters. The number of carbonyl (C=O) groups excluding carboxylic acids is 1. The molecular formula is C15H20N2O3. The number of aromatic carboxylic acids is 1. The molecular weight excluding hydrogens is 256 g/mol. The highest BCUT2D eigenvalue weighted by atomic mass is 16.4. The maximum Gasteiger partial charge on any atom is 0.336 e. The average Bonchev–Trinajstić information content (AvgIpc) is 2.33. The molecule has 1 aromatic rings. The van der Waals surface area contributed by atoms with Crippen LogP contribution in [0.15, 0.2) is 24.8 Å². The standard InChI is InChI=1S/C15H20N2O3/c1-5-6-10(3)16-15(20)17-12-7-9(2)11(4)13(8-12)14(18)19/h5,7-8,10H,1,6H2,2-4H3,(H,18,19)(H2,16,17,20). The van der Waals surface area contributed by atoms with Gasteiger partial charge in [0.25, 0.3) is 0 Å². The second-order valence-corrected chi connectivity index (χ2v) is 4.79. The summed E-state index contributed by atoms with van der Waals surface area (Å²) in [5.74, 6) is -1.00. The summed E-state index contributed by atoms with van der Waals surface area (Å²) in [4.78, 5) is 22.9. The van der Waals surface area contributed by atoms with Crippen LogP contribution in [0, 0.1) is 13.8 Å². The lowest BCUT2D eigenvalue weighted by molar-refractivity contribution is 0.0696. The number of urea groups is 1. The first-order chi connectivity index (χ1) is 9.35. The molecule has 0 aromatic heterocycles. The minimum atomic E-state index is -1.00. The van der Waals surface area contributed by atoms with Crippen LogP contribution in [0.1, 0.15) is 34.8 Å². The van der Waals surface area contributed by atoms with Crippen LogP contribution >= 0.6 is 0 Å². The molecule has 0 aliphatic heterocycles. The molecule has 0 aliphatic rings. The zero-order valence-electron chi connectivity index (χ0n) is 12.0. The van der Waals surface area contributed by atoms with Gasteiger partial charge in [-0.15, -0.1) is 6.58 Å². The smallest absolute Gasteiger partial charge is 0.336 e. The number of hydrogen-bond donors (Lipinski definition) is 3. The fourth-order valence-corrected chi connectivity index (χ4v) is 1.85. The van der Waals surface area contributed by atoms with Crippen LogP contribution in [0.2, 0.25) is 0 Å². The van der Waals surface area contributed by atoms with E-state index >= 15 is 0 Å². The molecule has 1 atom stereocenters. The summed E-state index contributed by atoms with van der Waals surface area (Å²) in [6.07, 6.45) is 2.39. The fourth-order valence-electron chi connectivity index (χ4n) is 1.85. The minimum absolute atomic E-state index is 0.0296. The first-order valence-electron chi connectivity index (χ1n) is 6.38. The lowest BCUT2D eigenvalue weighted by Gasteiger charge is -2.14. The second kappa shape index (κ2) is 6.75. The lowest BCUT2D eigenvalue weighted by Crippen LogP contribution is -2.35. The van der Waals surface area contributed by atoms with E-state index in [0.717, 1.165) is 5.56 Å². The average molecular weight is 276 g/mol. The molecule has 108 valence electrons. The van der Waals surface area contributed by atoms with Gasteiger partial charge in [0.2, 0.25) is 0 Å². The van der Waals surface area contributed by atoms with Gasteiger partial charge in [0.05, 0.1) is 5.56 Å². The van der Waals surface area contributed by atoms with Gasteiger partial charge in [-0.3, -0.25) is 0 Å². The summed E-state index contributed by atoms with van der Waals surface area (Å²) in [5.41, 5.74) is 2.18. The highest BCUT2D eigenvalue weighted by Crippen LogP contribution is 2.20. The summed E-state index contributed by atoms with van der Waals surface area (Å²) in [6, 6.07) is 2.82.